The second-order valence-corrected chi connectivity index (χ2v) is 6.44. The third-order valence-corrected chi connectivity index (χ3v) is 4.93. The molecule has 0 radical (unpaired) electrons. The van der Waals surface area contributed by atoms with Gasteiger partial charge in [-0.05, 0) is 38.0 Å². The second-order valence-electron chi connectivity index (χ2n) is 5.30. The van der Waals surface area contributed by atoms with Crippen molar-refractivity contribution in [2.75, 3.05) is 6.54 Å². The Labute approximate surface area is 131 Å². The first-order chi connectivity index (χ1) is 10.5. The maximum atomic E-state index is 12.6. The van der Waals surface area contributed by atoms with E-state index >= 15 is 0 Å². The number of furan rings is 1. The molecule has 1 aliphatic rings. The quantitative estimate of drug-likeness (QED) is 0.657. The van der Waals surface area contributed by atoms with E-state index in [-0.39, 0.29) is 5.91 Å². The van der Waals surface area contributed by atoms with E-state index in [9.17, 15) is 9.59 Å². The summed E-state index contributed by atoms with van der Waals surface area (Å²) in [6, 6.07) is 3.53. The van der Waals surface area contributed by atoms with Crippen molar-refractivity contribution in [3.8, 4) is 0 Å². The average molecular weight is 320 g/mol. The summed E-state index contributed by atoms with van der Waals surface area (Å²) >= 11 is 1.30. The van der Waals surface area contributed by atoms with Crippen LogP contribution in [0.5, 0.6) is 0 Å². The van der Waals surface area contributed by atoms with Gasteiger partial charge < -0.3 is 9.32 Å². The molecule has 0 spiro atoms. The maximum absolute atomic E-state index is 12.6. The summed E-state index contributed by atoms with van der Waals surface area (Å²) in [5.41, 5.74) is 3.29. The Balaban J connectivity index is 1.82. The van der Waals surface area contributed by atoms with Crippen molar-refractivity contribution >= 4 is 23.2 Å². The van der Waals surface area contributed by atoms with E-state index < -0.39 is 5.91 Å². The lowest BCUT2D eigenvalue weighted by molar-refractivity contribution is 0.0709. The standard InChI is InChI=1S/C15H16N2O4S/c1-8-5-11(9(2)21-8)15(19)17-4-3-10-6-12(14(18)16-20)22-13(10)7-17/h5-6,20H,3-4,7H2,1-2H3,(H,16,18). The third kappa shape index (κ3) is 2.53. The summed E-state index contributed by atoms with van der Waals surface area (Å²) < 4.78 is 5.42. The molecule has 2 amide bonds. The Morgan fingerprint density at radius 1 is 1.36 bits per heavy atom. The van der Waals surface area contributed by atoms with Gasteiger partial charge in [-0.15, -0.1) is 11.3 Å². The van der Waals surface area contributed by atoms with Crippen LogP contribution in [0.1, 0.15) is 42.0 Å². The Morgan fingerprint density at radius 2 is 2.14 bits per heavy atom. The predicted molar refractivity (Wildman–Crippen MR) is 80.2 cm³/mol. The molecule has 22 heavy (non-hydrogen) atoms. The summed E-state index contributed by atoms with van der Waals surface area (Å²) in [5.74, 6) is 0.775. The first-order valence-corrected chi connectivity index (χ1v) is 7.73. The van der Waals surface area contributed by atoms with E-state index in [4.69, 9.17) is 9.62 Å². The van der Waals surface area contributed by atoms with Gasteiger partial charge in [0.15, 0.2) is 0 Å². The fourth-order valence-electron chi connectivity index (χ4n) is 2.67. The summed E-state index contributed by atoms with van der Waals surface area (Å²) in [6.07, 6.45) is 0.701. The normalized spacial score (nSPS) is 13.9. The highest BCUT2D eigenvalue weighted by Crippen LogP contribution is 2.29. The molecular formula is C15H16N2O4S. The lowest BCUT2D eigenvalue weighted by Gasteiger charge is -2.26. The number of thiophene rings is 1. The van der Waals surface area contributed by atoms with E-state index in [0.29, 0.717) is 35.7 Å². The molecule has 0 aliphatic carbocycles. The van der Waals surface area contributed by atoms with Gasteiger partial charge in [0, 0.05) is 11.4 Å². The number of aryl methyl sites for hydroxylation is 2. The number of hydroxylamine groups is 1. The average Bonchev–Trinajstić information content (AvgIpc) is 3.07. The smallest absolute Gasteiger partial charge is 0.284 e. The van der Waals surface area contributed by atoms with Crippen molar-refractivity contribution in [2.24, 2.45) is 0 Å². The van der Waals surface area contributed by atoms with Crippen LogP contribution < -0.4 is 5.48 Å². The van der Waals surface area contributed by atoms with Crippen LogP contribution in [0.25, 0.3) is 0 Å². The Hall–Kier alpha value is -2.12. The molecule has 2 aromatic heterocycles. The molecule has 0 bridgehead atoms. The molecule has 3 heterocycles. The molecule has 6 nitrogen and oxygen atoms in total. The molecule has 1 aliphatic heterocycles. The number of carbonyl (C=O) groups excluding carboxylic acids is 2. The van der Waals surface area contributed by atoms with E-state index in [1.54, 1.807) is 29.4 Å². The van der Waals surface area contributed by atoms with Crippen molar-refractivity contribution in [2.45, 2.75) is 26.8 Å². The molecule has 116 valence electrons. The summed E-state index contributed by atoms with van der Waals surface area (Å²) in [6.45, 7) is 4.68. The minimum absolute atomic E-state index is 0.0541. The van der Waals surface area contributed by atoms with Crippen LogP contribution in [-0.2, 0) is 13.0 Å². The van der Waals surface area contributed by atoms with E-state index in [1.807, 2.05) is 6.92 Å². The van der Waals surface area contributed by atoms with Gasteiger partial charge >= 0.3 is 0 Å². The van der Waals surface area contributed by atoms with Crippen LogP contribution in [0, 0.1) is 13.8 Å². The Bertz CT molecular complexity index is 747. The molecule has 0 saturated heterocycles. The fourth-order valence-corrected chi connectivity index (χ4v) is 3.79. The largest absolute Gasteiger partial charge is 0.466 e. The predicted octanol–water partition coefficient (Wildman–Crippen LogP) is 2.28. The van der Waals surface area contributed by atoms with Gasteiger partial charge in [0.25, 0.3) is 11.8 Å². The van der Waals surface area contributed by atoms with Gasteiger partial charge in [-0.1, -0.05) is 0 Å². The third-order valence-electron chi connectivity index (χ3n) is 3.77. The van der Waals surface area contributed by atoms with Crippen molar-refractivity contribution in [3.63, 3.8) is 0 Å². The summed E-state index contributed by atoms with van der Waals surface area (Å²) in [7, 11) is 0. The number of fused-ring (bicyclic) bond motifs is 1. The van der Waals surface area contributed by atoms with Crippen molar-refractivity contribution in [1.29, 1.82) is 0 Å². The van der Waals surface area contributed by atoms with Crippen LogP contribution in [0.15, 0.2) is 16.5 Å². The molecule has 7 heteroatoms. The molecule has 2 N–H and O–H groups in total. The van der Waals surface area contributed by atoms with Crippen LogP contribution in [0.4, 0.5) is 0 Å². The lowest BCUT2D eigenvalue weighted by Crippen LogP contribution is -2.35. The van der Waals surface area contributed by atoms with Gasteiger partial charge in [-0.25, -0.2) is 5.48 Å². The van der Waals surface area contributed by atoms with Gasteiger partial charge in [0.1, 0.15) is 11.5 Å². The van der Waals surface area contributed by atoms with Crippen LogP contribution >= 0.6 is 11.3 Å². The van der Waals surface area contributed by atoms with E-state index in [0.717, 1.165) is 16.2 Å². The van der Waals surface area contributed by atoms with Gasteiger partial charge in [0.05, 0.1) is 17.0 Å². The van der Waals surface area contributed by atoms with E-state index in [2.05, 4.69) is 0 Å². The number of carbonyl (C=O) groups is 2. The number of rotatable bonds is 2. The minimum Gasteiger partial charge on any atom is -0.466 e. The molecule has 0 atom stereocenters. The zero-order valence-corrected chi connectivity index (χ0v) is 13.1. The zero-order chi connectivity index (χ0) is 15.9. The maximum Gasteiger partial charge on any atom is 0.284 e. The highest BCUT2D eigenvalue weighted by Gasteiger charge is 2.26. The molecule has 2 aromatic rings. The summed E-state index contributed by atoms with van der Waals surface area (Å²) in [5, 5.41) is 8.70. The molecular weight excluding hydrogens is 304 g/mol. The highest BCUT2D eigenvalue weighted by atomic mass is 32.1. The fraction of sp³-hybridized carbons (Fsp3) is 0.333. The van der Waals surface area contributed by atoms with Gasteiger partial charge in [-0.2, -0.15) is 0 Å². The van der Waals surface area contributed by atoms with Gasteiger partial charge in [-0.3, -0.25) is 14.8 Å². The molecule has 0 fully saturated rings. The Morgan fingerprint density at radius 3 is 2.77 bits per heavy atom. The monoisotopic (exact) mass is 320 g/mol. The molecule has 0 aromatic carbocycles. The second kappa shape index (κ2) is 5.58. The first kappa shape index (κ1) is 14.8. The van der Waals surface area contributed by atoms with Crippen molar-refractivity contribution < 1.29 is 19.2 Å². The first-order valence-electron chi connectivity index (χ1n) is 6.92. The van der Waals surface area contributed by atoms with E-state index in [1.165, 1.54) is 11.3 Å². The lowest BCUT2D eigenvalue weighted by atomic mass is 10.1. The number of amides is 2. The van der Waals surface area contributed by atoms with Crippen LogP contribution in [0.2, 0.25) is 0 Å². The number of nitrogens with one attached hydrogen (secondary N) is 1. The van der Waals surface area contributed by atoms with Crippen LogP contribution in [0.3, 0.4) is 0 Å². The minimum atomic E-state index is -0.515. The Kier molecular flexibility index (Phi) is 3.76. The molecule has 0 saturated carbocycles. The molecule has 0 unspecified atom stereocenters. The highest BCUT2D eigenvalue weighted by molar-refractivity contribution is 7.14. The summed E-state index contributed by atoms with van der Waals surface area (Å²) in [4.78, 5) is 27.3. The van der Waals surface area contributed by atoms with Crippen LogP contribution in [-0.4, -0.2) is 28.5 Å². The van der Waals surface area contributed by atoms with Crippen molar-refractivity contribution in [3.05, 3.63) is 44.5 Å². The van der Waals surface area contributed by atoms with Crippen molar-refractivity contribution in [1.82, 2.24) is 10.4 Å². The van der Waals surface area contributed by atoms with Gasteiger partial charge in [0.2, 0.25) is 0 Å². The number of nitrogens with zero attached hydrogens (tertiary/aromatic N) is 1. The number of hydrogen-bond acceptors (Lipinski definition) is 5. The number of hydrogen-bond donors (Lipinski definition) is 2. The zero-order valence-electron chi connectivity index (χ0n) is 12.3. The SMILES string of the molecule is Cc1cc(C(=O)N2CCc3cc(C(=O)NO)sc3C2)c(C)o1. The topological polar surface area (TPSA) is 82.8 Å². The molecule has 3 rings (SSSR count).